The normalized spacial score (nSPS) is 16.4. The first-order valence-corrected chi connectivity index (χ1v) is 8.64. The lowest BCUT2D eigenvalue weighted by Gasteiger charge is -2.25. The van der Waals surface area contributed by atoms with Gasteiger partial charge in [0.15, 0.2) is 0 Å². The molecule has 0 unspecified atom stereocenters. The molecule has 0 aliphatic heterocycles. The molecule has 0 atom stereocenters. The maximum absolute atomic E-state index is 11.6. The summed E-state index contributed by atoms with van der Waals surface area (Å²) < 4.78 is 1.77. The van der Waals surface area contributed by atoms with Crippen LogP contribution in [0.3, 0.4) is 0 Å². The van der Waals surface area contributed by atoms with Gasteiger partial charge in [0.05, 0.1) is 12.2 Å². The van der Waals surface area contributed by atoms with Crippen molar-refractivity contribution in [3.05, 3.63) is 52.3 Å². The zero-order chi connectivity index (χ0) is 17.2. The topological polar surface area (TPSA) is 67.2 Å². The highest BCUT2D eigenvalue weighted by Crippen LogP contribution is 2.31. The fourth-order valence-electron chi connectivity index (χ4n) is 3.35. The van der Waals surface area contributed by atoms with E-state index in [0.29, 0.717) is 31.1 Å². The highest BCUT2D eigenvalue weighted by Gasteiger charge is 2.41. The van der Waals surface area contributed by atoms with Gasteiger partial charge < -0.3 is 5.11 Å². The number of carboxylic acids is 1. The number of halogens is 1. The standard InChI is InChI=1S/C18H22ClN3O2/c1-13-15(11-20-18(17(23)24)9-5-6-10-18)16(19)22(21-13)12-14-7-3-2-4-8-14/h2-4,7-8,20H,5-6,9-12H2,1H3,(H,23,24). The summed E-state index contributed by atoms with van der Waals surface area (Å²) in [6.07, 6.45) is 3.22. The van der Waals surface area contributed by atoms with Crippen LogP contribution in [0.15, 0.2) is 30.3 Å². The molecular formula is C18H22ClN3O2. The highest BCUT2D eigenvalue weighted by molar-refractivity contribution is 6.30. The van der Waals surface area contributed by atoms with E-state index in [0.717, 1.165) is 29.7 Å². The van der Waals surface area contributed by atoms with Gasteiger partial charge in [0, 0.05) is 12.1 Å². The van der Waals surface area contributed by atoms with Gasteiger partial charge in [0.1, 0.15) is 10.7 Å². The van der Waals surface area contributed by atoms with Crippen molar-refractivity contribution in [2.45, 2.75) is 51.2 Å². The van der Waals surface area contributed by atoms with Crippen molar-refractivity contribution < 1.29 is 9.90 Å². The number of carbonyl (C=O) groups is 1. The summed E-state index contributed by atoms with van der Waals surface area (Å²) >= 11 is 6.50. The van der Waals surface area contributed by atoms with Crippen LogP contribution in [0.25, 0.3) is 0 Å². The number of aromatic nitrogens is 2. The van der Waals surface area contributed by atoms with Crippen LogP contribution < -0.4 is 5.32 Å². The van der Waals surface area contributed by atoms with Gasteiger partial charge in [-0.2, -0.15) is 5.10 Å². The first-order chi connectivity index (χ1) is 11.5. The summed E-state index contributed by atoms with van der Waals surface area (Å²) in [7, 11) is 0. The molecule has 0 saturated heterocycles. The quantitative estimate of drug-likeness (QED) is 0.840. The van der Waals surface area contributed by atoms with E-state index in [1.54, 1.807) is 4.68 Å². The molecule has 1 aromatic heterocycles. The second-order valence-corrected chi connectivity index (χ2v) is 6.80. The van der Waals surface area contributed by atoms with Crippen LogP contribution in [-0.2, 0) is 17.9 Å². The zero-order valence-electron chi connectivity index (χ0n) is 13.8. The molecule has 2 aromatic rings. The van der Waals surface area contributed by atoms with Crippen LogP contribution in [0.1, 0.15) is 42.5 Å². The molecule has 5 nitrogen and oxygen atoms in total. The number of nitrogens with one attached hydrogen (secondary N) is 1. The fraction of sp³-hybridized carbons (Fsp3) is 0.444. The number of rotatable bonds is 6. The van der Waals surface area contributed by atoms with Crippen molar-refractivity contribution in [2.24, 2.45) is 0 Å². The molecule has 1 fully saturated rings. The number of aliphatic carboxylic acids is 1. The molecule has 6 heteroatoms. The van der Waals surface area contributed by atoms with E-state index >= 15 is 0 Å². The summed E-state index contributed by atoms with van der Waals surface area (Å²) in [6.45, 7) is 2.93. The third kappa shape index (κ3) is 3.32. The fourth-order valence-corrected chi connectivity index (χ4v) is 3.66. The Morgan fingerprint density at radius 2 is 2.00 bits per heavy atom. The van der Waals surface area contributed by atoms with Crippen LogP contribution in [0.5, 0.6) is 0 Å². The molecule has 128 valence electrons. The molecule has 1 aliphatic carbocycles. The monoisotopic (exact) mass is 347 g/mol. The first kappa shape index (κ1) is 17.0. The second kappa shape index (κ2) is 6.95. The van der Waals surface area contributed by atoms with Crippen molar-refractivity contribution in [1.29, 1.82) is 0 Å². The molecule has 1 aliphatic rings. The van der Waals surface area contributed by atoms with E-state index < -0.39 is 11.5 Å². The highest BCUT2D eigenvalue weighted by atomic mass is 35.5. The number of carboxylic acid groups (broad SMARTS) is 1. The maximum Gasteiger partial charge on any atom is 0.323 e. The maximum atomic E-state index is 11.6. The van der Waals surface area contributed by atoms with Gasteiger partial charge in [-0.25, -0.2) is 4.68 Å². The molecule has 0 amide bonds. The summed E-state index contributed by atoms with van der Waals surface area (Å²) in [6, 6.07) is 10.0. The van der Waals surface area contributed by atoms with Crippen LogP contribution in [0, 0.1) is 6.92 Å². The summed E-state index contributed by atoms with van der Waals surface area (Å²) in [4.78, 5) is 11.6. The third-order valence-electron chi connectivity index (χ3n) is 4.83. The molecule has 1 aromatic carbocycles. The van der Waals surface area contributed by atoms with E-state index in [9.17, 15) is 9.90 Å². The van der Waals surface area contributed by atoms with Crippen LogP contribution in [0.2, 0.25) is 5.15 Å². The lowest BCUT2D eigenvalue weighted by Crippen LogP contribution is -2.49. The number of benzene rings is 1. The van der Waals surface area contributed by atoms with Gasteiger partial charge in [-0.15, -0.1) is 0 Å². The smallest absolute Gasteiger partial charge is 0.323 e. The van der Waals surface area contributed by atoms with Crippen LogP contribution in [0.4, 0.5) is 0 Å². The van der Waals surface area contributed by atoms with E-state index in [1.807, 2.05) is 37.3 Å². The van der Waals surface area contributed by atoms with Crippen molar-refractivity contribution in [2.75, 3.05) is 0 Å². The number of aryl methyl sites for hydroxylation is 1. The average molecular weight is 348 g/mol. The molecule has 2 N–H and O–H groups in total. The minimum Gasteiger partial charge on any atom is -0.480 e. The SMILES string of the molecule is Cc1nn(Cc2ccccc2)c(Cl)c1CNC1(C(=O)O)CCCC1. The van der Waals surface area contributed by atoms with Gasteiger partial charge in [-0.05, 0) is 25.3 Å². The minimum atomic E-state index is -0.822. The van der Waals surface area contributed by atoms with Gasteiger partial charge in [0.25, 0.3) is 0 Å². The molecule has 1 heterocycles. The predicted octanol–water partition coefficient (Wildman–Crippen LogP) is 3.38. The average Bonchev–Trinajstić information content (AvgIpc) is 3.14. The van der Waals surface area contributed by atoms with Gasteiger partial charge in [-0.3, -0.25) is 10.1 Å². The van der Waals surface area contributed by atoms with E-state index in [1.165, 1.54) is 0 Å². The van der Waals surface area contributed by atoms with E-state index in [2.05, 4.69) is 10.4 Å². The Morgan fingerprint density at radius 3 is 2.62 bits per heavy atom. The molecule has 1 saturated carbocycles. The number of hydrogen-bond donors (Lipinski definition) is 2. The van der Waals surface area contributed by atoms with Crippen molar-refractivity contribution in [3.8, 4) is 0 Å². The van der Waals surface area contributed by atoms with Gasteiger partial charge in [-0.1, -0.05) is 54.8 Å². The van der Waals surface area contributed by atoms with Crippen LogP contribution >= 0.6 is 11.6 Å². The van der Waals surface area contributed by atoms with Crippen molar-refractivity contribution in [1.82, 2.24) is 15.1 Å². The number of nitrogens with zero attached hydrogens (tertiary/aromatic N) is 2. The molecule has 0 radical (unpaired) electrons. The van der Waals surface area contributed by atoms with Crippen LogP contribution in [-0.4, -0.2) is 26.4 Å². The first-order valence-electron chi connectivity index (χ1n) is 8.26. The molecule has 0 bridgehead atoms. The summed E-state index contributed by atoms with van der Waals surface area (Å²) in [5, 5.41) is 17.9. The minimum absolute atomic E-state index is 0.422. The summed E-state index contributed by atoms with van der Waals surface area (Å²) in [5.74, 6) is -0.773. The predicted molar refractivity (Wildman–Crippen MR) is 93.2 cm³/mol. The molecular weight excluding hydrogens is 326 g/mol. The number of hydrogen-bond acceptors (Lipinski definition) is 3. The Balaban J connectivity index is 1.76. The molecule has 24 heavy (non-hydrogen) atoms. The Bertz CT molecular complexity index is 721. The van der Waals surface area contributed by atoms with E-state index in [-0.39, 0.29) is 0 Å². The van der Waals surface area contributed by atoms with Gasteiger partial charge in [0.2, 0.25) is 0 Å². The van der Waals surface area contributed by atoms with Gasteiger partial charge >= 0.3 is 5.97 Å². The second-order valence-electron chi connectivity index (χ2n) is 6.45. The summed E-state index contributed by atoms with van der Waals surface area (Å²) in [5.41, 5.74) is 2.01. The largest absolute Gasteiger partial charge is 0.480 e. The Hall–Kier alpha value is -1.85. The van der Waals surface area contributed by atoms with Crippen molar-refractivity contribution in [3.63, 3.8) is 0 Å². The lowest BCUT2D eigenvalue weighted by atomic mass is 9.97. The van der Waals surface area contributed by atoms with E-state index in [4.69, 9.17) is 11.6 Å². The molecule has 3 rings (SSSR count). The Kier molecular flexibility index (Phi) is 4.92. The Labute approximate surface area is 146 Å². The zero-order valence-corrected chi connectivity index (χ0v) is 14.5. The van der Waals surface area contributed by atoms with Crippen molar-refractivity contribution >= 4 is 17.6 Å². The molecule has 0 spiro atoms. The Morgan fingerprint density at radius 1 is 1.33 bits per heavy atom. The third-order valence-corrected chi connectivity index (χ3v) is 5.25. The lowest BCUT2D eigenvalue weighted by molar-refractivity contribution is -0.144.